The number of halogens is 1. The molecule has 1 saturated heterocycles. The zero-order valence-electron chi connectivity index (χ0n) is 16.9. The highest BCUT2D eigenvalue weighted by molar-refractivity contribution is 8.00. The number of amides is 2. The minimum atomic E-state index is -0.243. The molecule has 1 aliphatic rings. The molecule has 0 saturated carbocycles. The van der Waals surface area contributed by atoms with Crippen molar-refractivity contribution in [3.05, 3.63) is 88.9 Å². The summed E-state index contributed by atoms with van der Waals surface area (Å²) >= 11 is 7.46. The Hall–Kier alpha value is -2.96. The Morgan fingerprint density at radius 1 is 1.10 bits per heavy atom. The number of ether oxygens (including phenoxy) is 1. The molecule has 0 aromatic heterocycles. The van der Waals surface area contributed by atoms with Gasteiger partial charge in [-0.15, -0.1) is 11.8 Å². The fourth-order valence-corrected chi connectivity index (χ4v) is 4.76. The molecular formula is C24H21ClN2O3S. The van der Waals surface area contributed by atoms with E-state index < -0.39 is 0 Å². The van der Waals surface area contributed by atoms with Gasteiger partial charge in [0, 0.05) is 27.5 Å². The average Bonchev–Trinajstić information content (AvgIpc) is 3.16. The van der Waals surface area contributed by atoms with E-state index in [2.05, 4.69) is 5.32 Å². The number of carbonyl (C=O) groups excluding carboxylic acids is 2. The molecule has 1 fully saturated rings. The van der Waals surface area contributed by atoms with Gasteiger partial charge in [-0.1, -0.05) is 29.8 Å². The second-order valence-corrected chi connectivity index (χ2v) is 8.41. The largest absolute Gasteiger partial charge is 0.494 e. The number of nitrogens with zero attached hydrogens (tertiary/aromatic N) is 1. The monoisotopic (exact) mass is 452 g/mol. The maximum atomic E-state index is 12.8. The molecule has 1 atom stereocenters. The van der Waals surface area contributed by atoms with Crippen molar-refractivity contribution >= 4 is 46.6 Å². The second-order valence-electron chi connectivity index (χ2n) is 6.90. The Kier molecular flexibility index (Phi) is 6.49. The van der Waals surface area contributed by atoms with Gasteiger partial charge in [0.25, 0.3) is 5.91 Å². The van der Waals surface area contributed by atoms with Crippen LogP contribution in [0.25, 0.3) is 0 Å². The maximum absolute atomic E-state index is 12.8. The van der Waals surface area contributed by atoms with E-state index in [1.54, 1.807) is 29.2 Å². The fourth-order valence-electron chi connectivity index (χ4n) is 3.42. The Morgan fingerprint density at radius 3 is 2.52 bits per heavy atom. The highest BCUT2D eigenvalue weighted by atomic mass is 35.5. The molecule has 0 radical (unpaired) electrons. The number of thioether (sulfide) groups is 1. The third-order valence-corrected chi connectivity index (χ3v) is 6.32. The molecule has 1 heterocycles. The standard InChI is InChI=1S/C24H21ClN2O3S/c1-2-30-19-13-11-18(12-14-19)27-22(28)15-31-24(27)20-5-3-4-6-21(20)26-23(29)16-7-9-17(25)10-8-16/h3-14,24H,2,15H2,1H3,(H,26,29). The van der Waals surface area contributed by atoms with E-state index in [-0.39, 0.29) is 17.2 Å². The van der Waals surface area contributed by atoms with Gasteiger partial charge in [0.15, 0.2) is 0 Å². The summed E-state index contributed by atoms with van der Waals surface area (Å²) in [4.78, 5) is 27.3. The van der Waals surface area contributed by atoms with Gasteiger partial charge in [0.2, 0.25) is 5.91 Å². The Labute approximate surface area is 190 Å². The zero-order chi connectivity index (χ0) is 21.8. The van der Waals surface area contributed by atoms with Crippen LogP contribution in [0.1, 0.15) is 28.2 Å². The number of hydrogen-bond donors (Lipinski definition) is 1. The lowest BCUT2D eigenvalue weighted by molar-refractivity contribution is -0.115. The molecule has 1 unspecified atom stereocenters. The van der Waals surface area contributed by atoms with Crippen molar-refractivity contribution in [2.75, 3.05) is 22.6 Å². The summed E-state index contributed by atoms with van der Waals surface area (Å²) in [7, 11) is 0. The first-order valence-corrected chi connectivity index (χ1v) is 11.3. The Balaban J connectivity index is 1.61. The minimum absolute atomic E-state index is 0.0259. The lowest BCUT2D eigenvalue weighted by atomic mass is 10.1. The van der Waals surface area contributed by atoms with Crippen molar-refractivity contribution in [1.29, 1.82) is 0 Å². The van der Waals surface area contributed by atoms with Crippen LogP contribution in [0.4, 0.5) is 11.4 Å². The SMILES string of the molecule is CCOc1ccc(N2C(=O)CSC2c2ccccc2NC(=O)c2ccc(Cl)cc2)cc1. The molecule has 5 nitrogen and oxygen atoms in total. The van der Waals surface area contributed by atoms with Crippen LogP contribution in [0.2, 0.25) is 5.02 Å². The van der Waals surface area contributed by atoms with E-state index in [0.29, 0.717) is 28.6 Å². The Bertz CT molecular complexity index is 1090. The molecule has 7 heteroatoms. The third kappa shape index (κ3) is 4.70. The normalized spacial score (nSPS) is 15.7. The lowest BCUT2D eigenvalue weighted by Gasteiger charge is -2.26. The van der Waals surface area contributed by atoms with E-state index in [1.807, 2.05) is 55.5 Å². The van der Waals surface area contributed by atoms with Crippen molar-refractivity contribution in [3.8, 4) is 5.75 Å². The van der Waals surface area contributed by atoms with Gasteiger partial charge in [-0.3, -0.25) is 14.5 Å². The number of anilines is 2. The summed E-state index contributed by atoms with van der Waals surface area (Å²) in [5.74, 6) is 0.930. The summed E-state index contributed by atoms with van der Waals surface area (Å²) < 4.78 is 5.51. The smallest absolute Gasteiger partial charge is 0.255 e. The second kappa shape index (κ2) is 9.45. The number of hydrogen-bond acceptors (Lipinski definition) is 4. The molecular weight excluding hydrogens is 432 g/mol. The summed E-state index contributed by atoms with van der Waals surface area (Å²) in [6.07, 6.45) is 0. The van der Waals surface area contributed by atoms with Gasteiger partial charge in [0.05, 0.1) is 12.4 Å². The number of para-hydroxylation sites is 1. The highest BCUT2D eigenvalue weighted by Crippen LogP contribution is 2.44. The first-order chi connectivity index (χ1) is 15.1. The van der Waals surface area contributed by atoms with Crippen LogP contribution >= 0.6 is 23.4 Å². The summed E-state index contributed by atoms with van der Waals surface area (Å²) in [5.41, 5.74) is 2.85. The van der Waals surface area contributed by atoms with Gasteiger partial charge in [-0.2, -0.15) is 0 Å². The molecule has 1 N–H and O–H groups in total. The van der Waals surface area contributed by atoms with Crippen LogP contribution in [0.5, 0.6) is 5.75 Å². The van der Waals surface area contributed by atoms with Crippen LogP contribution in [-0.2, 0) is 4.79 Å². The average molecular weight is 453 g/mol. The van der Waals surface area contributed by atoms with Crippen molar-refractivity contribution in [1.82, 2.24) is 0 Å². The van der Waals surface area contributed by atoms with E-state index >= 15 is 0 Å². The first kappa shape index (κ1) is 21.3. The van der Waals surface area contributed by atoms with Crippen molar-refractivity contribution in [2.24, 2.45) is 0 Å². The van der Waals surface area contributed by atoms with Gasteiger partial charge in [-0.05, 0) is 61.5 Å². The molecule has 0 aliphatic carbocycles. The van der Waals surface area contributed by atoms with Crippen molar-refractivity contribution in [3.63, 3.8) is 0 Å². The van der Waals surface area contributed by atoms with Gasteiger partial charge >= 0.3 is 0 Å². The summed E-state index contributed by atoms with van der Waals surface area (Å²) in [6.45, 7) is 2.51. The predicted octanol–water partition coefficient (Wildman–Crippen LogP) is 5.77. The van der Waals surface area contributed by atoms with Gasteiger partial charge in [-0.25, -0.2) is 0 Å². The molecule has 4 rings (SSSR count). The lowest BCUT2D eigenvalue weighted by Crippen LogP contribution is -2.28. The number of carbonyl (C=O) groups is 2. The minimum Gasteiger partial charge on any atom is -0.494 e. The summed E-state index contributed by atoms with van der Waals surface area (Å²) in [6, 6.07) is 21.8. The Morgan fingerprint density at radius 2 is 1.81 bits per heavy atom. The molecule has 0 spiro atoms. The number of benzene rings is 3. The maximum Gasteiger partial charge on any atom is 0.255 e. The van der Waals surface area contributed by atoms with Crippen molar-refractivity contribution < 1.29 is 14.3 Å². The molecule has 2 amide bonds. The molecule has 3 aromatic rings. The van der Waals surface area contributed by atoms with Crippen LogP contribution in [0.15, 0.2) is 72.8 Å². The topological polar surface area (TPSA) is 58.6 Å². The fraction of sp³-hybridized carbons (Fsp3) is 0.167. The third-order valence-electron chi connectivity index (χ3n) is 4.88. The van der Waals surface area contributed by atoms with Crippen LogP contribution < -0.4 is 15.0 Å². The molecule has 1 aliphatic heterocycles. The van der Waals surface area contributed by atoms with Crippen LogP contribution in [0, 0.1) is 0 Å². The van der Waals surface area contributed by atoms with E-state index in [4.69, 9.17) is 16.3 Å². The molecule has 158 valence electrons. The first-order valence-electron chi connectivity index (χ1n) is 9.89. The van der Waals surface area contributed by atoms with Crippen LogP contribution in [-0.4, -0.2) is 24.2 Å². The quantitative estimate of drug-likeness (QED) is 0.515. The summed E-state index contributed by atoms with van der Waals surface area (Å²) in [5, 5.41) is 3.31. The van der Waals surface area contributed by atoms with E-state index in [1.165, 1.54) is 11.8 Å². The van der Waals surface area contributed by atoms with Gasteiger partial charge in [0.1, 0.15) is 11.1 Å². The molecule has 3 aromatic carbocycles. The van der Waals surface area contributed by atoms with Gasteiger partial charge < -0.3 is 10.1 Å². The van der Waals surface area contributed by atoms with E-state index in [0.717, 1.165) is 17.0 Å². The van der Waals surface area contributed by atoms with E-state index in [9.17, 15) is 9.59 Å². The highest BCUT2D eigenvalue weighted by Gasteiger charge is 2.35. The predicted molar refractivity (Wildman–Crippen MR) is 126 cm³/mol. The molecule has 31 heavy (non-hydrogen) atoms. The number of nitrogens with one attached hydrogen (secondary N) is 1. The molecule has 0 bridgehead atoms. The number of rotatable bonds is 6. The van der Waals surface area contributed by atoms with Crippen LogP contribution in [0.3, 0.4) is 0 Å². The zero-order valence-corrected chi connectivity index (χ0v) is 18.5. The van der Waals surface area contributed by atoms with Crippen molar-refractivity contribution in [2.45, 2.75) is 12.3 Å².